The van der Waals surface area contributed by atoms with Crippen molar-refractivity contribution < 1.29 is 14.3 Å². The Labute approximate surface area is 179 Å². The van der Waals surface area contributed by atoms with E-state index in [1.165, 1.54) is 5.56 Å². The van der Waals surface area contributed by atoms with Crippen molar-refractivity contribution in [3.05, 3.63) is 62.6 Å². The molecule has 0 atom stereocenters. The van der Waals surface area contributed by atoms with Crippen molar-refractivity contribution in [1.82, 2.24) is 10.2 Å². The molecule has 0 spiro atoms. The molecule has 0 unspecified atom stereocenters. The van der Waals surface area contributed by atoms with Gasteiger partial charge in [-0.3, -0.25) is 9.69 Å². The number of halogens is 2. The standard InChI is InChI=1S/C21H24BrClN2O3/c1-15-10-18(22)11-19(23)21(15)28-14-20(26)24-12-16-2-4-17(5-3-16)13-25-6-8-27-9-7-25/h2-5,10-11H,6-9,12-14H2,1H3,(H,24,26). The van der Waals surface area contributed by atoms with Crippen molar-refractivity contribution in [2.75, 3.05) is 32.9 Å². The molecule has 1 aliphatic heterocycles. The molecule has 1 heterocycles. The number of carbonyl (C=O) groups is 1. The molecule has 5 nitrogen and oxygen atoms in total. The smallest absolute Gasteiger partial charge is 0.258 e. The topological polar surface area (TPSA) is 50.8 Å². The molecule has 1 amide bonds. The van der Waals surface area contributed by atoms with Crippen molar-refractivity contribution in [3.8, 4) is 5.75 Å². The highest BCUT2D eigenvalue weighted by Gasteiger charge is 2.11. The number of benzene rings is 2. The van der Waals surface area contributed by atoms with Crippen molar-refractivity contribution in [3.63, 3.8) is 0 Å². The Balaban J connectivity index is 1.44. The van der Waals surface area contributed by atoms with Gasteiger partial charge in [0.25, 0.3) is 5.91 Å². The first kappa shape index (κ1) is 21.1. The van der Waals surface area contributed by atoms with E-state index in [2.05, 4.69) is 38.3 Å². The first-order valence-electron chi connectivity index (χ1n) is 9.24. The number of morpholine rings is 1. The number of hydrogen-bond donors (Lipinski definition) is 1. The maximum Gasteiger partial charge on any atom is 0.258 e. The Bertz CT molecular complexity index is 785. The van der Waals surface area contributed by atoms with Gasteiger partial charge >= 0.3 is 0 Å². The van der Waals surface area contributed by atoms with Crippen LogP contribution in [0.4, 0.5) is 0 Å². The van der Waals surface area contributed by atoms with Crippen LogP contribution < -0.4 is 10.1 Å². The van der Waals surface area contributed by atoms with Gasteiger partial charge in [0.2, 0.25) is 0 Å². The number of nitrogens with zero attached hydrogens (tertiary/aromatic N) is 1. The molecule has 0 bridgehead atoms. The van der Waals surface area contributed by atoms with Crippen LogP contribution in [0.1, 0.15) is 16.7 Å². The van der Waals surface area contributed by atoms with Crippen molar-refractivity contribution in [1.29, 1.82) is 0 Å². The van der Waals surface area contributed by atoms with Gasteiger partial charge in [-0.05, 0) is 35.7 Å². The van der Waals surface area contributed by atoms with Crippen molar-refractivity contribution >= 4 is 33.4 Å². The van der Waals surface area contributed by atoms with Crippen LogP contribution in [-0.4, -0.2) is 43.7 Å². The number of carbonyl (C=O) groups excluding carboxylic acids is 1. The molecule has 1 N–H and O–H groups in total. The summed E-state index contributed by atoms with van der Waals surface area (Å²) in [4.78, 5) is 14.5. The number of rotatable bonds is 7. The third-order valence-corrected chi connectivity index (χ3v) is 5.30. The van der Waals surface area contributed by atoms with Crippen LogP contribution >= 0.6 is 27.5 Å². The lowest BCUT2D eigenvalue weighted by molar-refractivity contribution is -0.123. The summed E-state index contributed by atoms with van der Waals surface area (Å²) in [7, 11) is 0. The fourth-order valence-corrected chi connectivity index (χ4v) is 4.07. The lowest BCUT2D eigenvalue weighted by Crippen LogP contribution is -2.35. The van der Waals surface area contributed by atoms with Crippen LogP contribution in [0.3, 0.4) is 0 Å². The lowest BCUT2D eigenvalue weighted by Gasteiger charge is -2.26. The zero-order valence-electron chi connectivity index (χ0n) is 15.8. The Morgan fingerprint density at radius 3 is 2.57 bits per heavy atom. The highest BCUT2D eigenvalue weighted by atomic mass is 79.9. The normalized spacial score (nSPS) is 14.7. The van der Waals surface area contributed by atoms with Gasteiger partial charge in [-0.2, -0.15) is 0 Å². The SMILES string of the molecule is Cc1cc(Br)cc(Cl)c1OCC(=O)NCc1ccc(CN2CCOCC2)cc1. The molecule has 2 aromatic rings. The monoisotopic (exact) mass is 466 g/mol. The third-order valence-electron chi connectivity index (χ3n) is 4.56. The minimum absolute atomic E-state index is 0.0721. The van der Waals surface area contributed by atoms with Crippen LogP contribution in [0.25, 0.3) is 0 Å². The van der Waals surface area contributed by atoms with Gasteiger partial charge in [-0.15, -0.1) is 0 Å². The lowest BCUT2D eigenvalue weighted by atomic mass is 10.1. The Kier molecular flexibility index (Phi) is 7.73. The Hall–Kier alpha value is -1.60. The summed E-state index contributed by atoms with van der Waals surface area (Å²) >= 11 is 9.56. The summed E-state index contributed by atoms with van der Waals surface area (Å²) in [5.74, 6) is 0.350. The van der Waals surface area contributed by atoms with E-state index in [1.54, 1.807) is 6.07 Å². The number of hydrogen-bond acceptors (Lipinski definition) is 4. The number of nitrogens with one attached hydrogen (secondary N) is 1. The summed E-state index contributed by atoms with van der Waals surface area (Å²) in [6.45, 7) is 6.76. The molecular formula is C21H24BrClN2O3. The molecule has 0 aromatic heterocycles. The molecule has 0 saturated carbocycles. The van der Waals surface area contributed by atoms with Gasteiger partial charge in [0.05, 0.1) is 18.2 Å². The summed E-state index contributed by atoms with van der Waals surface area (Å²) in [6, 6.07) is 12.0. The van der Waals surface area contributed by atoms with Gasteiger partial charge in [-0.25, -0.2) is 0 Å². The van der Waals surface area contributed by atoms with E-state index < -0.39 is 0 Å². The average Bonchev–Trinajstić information content (AvgIpc) is 2.67. The molecule has 150 valence electrons. The molecule has 2 aromatic carbocycles. The van der Waals surface area contributed by atoms with E-state index >= 15 is 0 Å². The van der Waals surface area contributed by atoms with Crippen LogP contribution in [0.2, 0.25) is 5.02 Å². The molecule has 0 radical (unpaired) electrons. The molecular weight excluding hydrogens is 444 g/mol. The van der Waals surface area contributed by atoms with Gasteiger partial charge < -0.3 is 14.8 Å². The quantitative estimate of drug-likeness (QED) is 0.670. The molecule has 7 heteroatoms. The van der Waals surface area contributed by atoms with E-state index in [1.807, 2.05) is 25.1 Å². The van der Waals surface area contributed by atoms with Crippen molar-refractivity contribution in [2.24, 2.45) is 0 Å². The Morgan fingerprint density at radius 2 is 1.89 bits per heavy atom. The van der Waals surface area contributed by atoms with Crippen molar-refractivity contribution in [2.45, 2.75) is 20.0 Å². The second kappa shape index (κ2) is 10.3. The van der Waals surface area contributed by atoms with E-state index in [4.69, 9.17) is 21.1 Å². The molecule has 0 aliphatic carbocycles. The molecule has 1 aliphatic rings. The van der Waals surface area contributed by atoms with Gasteiger partial charge in [0.15, 0.2) is 6.61 Å². The van der Waals surface area contributed by atoms with Gasteiger partial charge in [0.1, 0.15) is 5.75 Å². The highest BCUT2D eigenvalue weighted by molar-refractivity contribution is 9.10. The average molecular weight is 468 g/mol. The maximum atomic E-state index is 12.1. The minimum atomic E-state index is -0.184. The van der Waals surface area contributed by atoms with Crippen LogP contribution in [0, 0.1) is 6.92 Å². The summed E-state index contributed by atoms with van der Waals surface area (Å²) in [5, 5.41) is 3.36. The second-order valence-corrected chi connectivity index (χ2v) is 8.13. The predicted molar refractivity (Wildman–Crippen MR) is 114 cm³/mol. The Morgan fingerprint density at radius 1 is 1.21 bits per heavy atom. The molecule has 28 heavy (non-hydrogen) atoms. The second-order valence-electron chi connectivity index (χ2n) is 6.80. The first-order valence-corrected chi connectivity index (χ1v) is 10.4. The fraction of sp³-hybridized carbons (Fsp3) is 0.381. The minimum Gasteiger partial charge on any atom is -0.482 e. The van der Waals surface area contributed by atoms with E-state index in [9.17, 15) is 4.79 Å². The van der Waals surface area contributed by atoms with Crippen LogP contribution in [0.15, 0.2) is 40.9 Å². The largest absolute Gasteiger partial charge is 0.482 e. The summed E-state index contributed by atoms with van der Waals surface area (Å²) in [6.07, 6.45) is 0. The number of aryl methyl sites for hydroxylation is 1. The van der Waals surface area contributed by atoms with E-state index in [0.29, 0.717) is 17.3 Å². The molecule has 1 fully saturated rings. The first-order chi connectivity index (χ1) is 13.5. The number of ether oxygens (including phenoxy) is 2. The van der Waals surface area contributed by atoms with E-state index in [0.717, 1.165) is 48.4 Å². The fourth-order valence-electron chi connectivity index (χ4n) is 3.04. The predicted octanol–water partition coefficient (Wildman–Crippen LogP) is 3.94. The van der Waals surface area contributed by atoms with Crippen LogP contribution in [-0.2, 0) is 22.6 Å². The van der Waals surface area contributed by atoms with Crippen LogP contribution in [0.5, 0.6) is 5.75 Å². The van der Waals surface area contributed by atoms with E-state index in [-0.39, 0.29) is 12.5 Å². The summed E-state index contributed by atoms with van der Waals surface area (Å²) in [5.41, 5.74) is 3.20. The van der Waals surface area contributed by atoms with Gasteiger partial charge in [-0.1, -0.05) is 51.8 Å². The maximum absolute atomic E-state index is 12.1. The zero-order chi connectivity index (χ0) is 19.9. The van der Waals surface area contributed by atoms with Gasteiger partial charge in [0, 0.05) is 30.7 Å². The summed E-state index contributed by atoms with van der Waals surface area (Å²) < 4.78 is 11.9. The highest BCUT2D eigenvalue weighted by Crippen LogP contribution is 2.31. The molecule has 1 saturated heterocycles. The number of amides is 1. The zero-order valence-corrected chi connectivity index (χ0v) is 18.2. The molecule has 3 rings (SSSR count). The third kappa shape index (κ3) is 6.21.